The lowest BCUT2D eigenvalue weighted by molar-refractivity contribution is 0.177. The lowest BCUT2D eigenvalue weighted by Gasteiger charge is -2.47. The summed E-state index contributed by atoms with van der Waals surface area (Å²) in [4.78, 5) is 0. The van der Waals surface area contributed by atoms with Crippen LogP contribution in [0.1, 0.15) is 88.8 Å². The molecule has 1 aromatic rings. The zero-order valence-electron chi connectivity index (χ0n) is 17.1. The number of hydrogen-bond donors (Lipinski definition) is 2. The highest BCUT2D eigenvalue weighted by Crippen LogP contribution is 2.56. The van der Waals surface area contributed by atoms with E-state index in [-0.39, 0.29) is 11.5 Å². The Bertz CT molecular complexity index is 686. The molecule has 0 radical (unpaired) electrons. The fourth-order valence-electron chi connectivity index (χ4n) is 5.56. The van der Waals surface area contributed by atoms with Crippen LogP contribution in [0.4, 0.5) is 0 Å². The van der Waals surface area contributed by atoms with Gasteiger partial charge in [-0.2, -0.15) is 0 Å². The molecule has 3 aliphatic rings. The van der Waals surface area contributed by atoms with E-state index in [1.807, 2.05) is 6.07 Å². The number of rotatable bonds is 2. The largest absolute Gasteiger partial charge is 0.508 e. The summed E-state index contributed by atoms with van der Waals surface area (Å²) < 4.78 is 0. The molecule has 1 aromatic carbocycles. The van der Waals surface area contributed by atoms with Gasteiger partial charge >= 0.3 is 0 Å². The molecule has 2 N–H and O–H groups in total. The fraction of sp³-hybridized carbons (Fsp3) is 0.667. The van der Waals surface area contributed by atoms with Gasteiger partial charge in [0.05, 0.1) is 6.10 Å². The molecule has 0 aromatic heterocycles. The van der Waals surface area contributed by atoms with E-state index < -0.39 is 0 Å². The second-order valence-electron chi connectivity index (χ2n) is 8.50. The molecule has 3 aliphatic carbocycles. The van der Waals surface area contributed by atoms with Gasteiger partial charge in [0.15, 0.2) is 0 Å². The van der Waals surface area contributed by atoms with E-state index in [1.54, 1.807) is 11.1 Å². The van der Waals surface area contributed by atoms with Crippen molar-refractivity contribution in [2.24, 2.45) is 5.92 Å². The molecule has 1 fully saturated rings. The van der Waals surface area contributed by atoms with Crippen molar-refractivity contribution in [3.63, 3.8) is 0 Å². The summed E-state index contributed by atoms with van der Waals surface area (Å²) in [6.45, 7) is 8.73. The first-order valence-corrected chi connectivity index (χ1v) is 10.7. The molecule has 2 heteroatoms. The first kappa shape index (κ1) is 19.5. The van der Waals surface area contributed by atoms with Crippen molar-refractivity contribution in [2.75, 3.05) is 0 Å². The van der Waals surface area contributed by atoms with E-state index in [1.165, 1.54) is 36.8 Å². The van der Waals surface area contributed by atoms with Crippen LogP contribution in [0.2, 0.25) is 0 Å². The second-order valence-corrected chi connectivity index (χ2v) is 8.50. The Balaban J connectivity index is 0.000000447. The van der Waals surface area contributed by atoms with Gasteiger partial charge in [-0.3, -0.25) is 0 Å². The minimum atomic E-state index is -0.122. The summed E-state index contributed by atoms with van der Waals surface area (Å²) in [7, 11) is 0. The Labute approximate surface area is 159 Å². The van der Waals surface area contributed by atoms with Gasteiger partial charge in [-0.25, -0.2) is 0 Å². The predicted octanol–water partition coefficient (Wildman–Crippen LogP) is 5.96. The molecule has 144 valence electrons. The lowest BCUT2D eigenvalue weighted by atomic mass is 9.57. The average molecular weight is 357 g/mol. The standard InChI is InChI=1S/C20H26O2.C4H10/c1-3-20-9-8-13-10-14(21)11-16(13)18(20)5-4-15-12(2)19(22)7-6-17(15)20;1-3-4-2/h6-7,13-14,21-22H,3-5,8-11H2,1-2H3;3-4H2,1-2H3. The van der Waals surface area contributed by atoms with E-state index in [4.69, 9.17) is 0 Å². The van der Waals surface area contributed by atoms with Crippen molar-refractivity contribution >= 4 is 0 Å². The van der Waals surface area contributed by atoms with Crippen LogP contribution in [-0.2, 0) is 11.8 Å². The van der Waals surface area contributed by atoms with Crippen molar-refractivity contribution in [1.82, 2.24) is 0 Å². The third-order valence-electron chi connectivity index (χ3n) is 7.20. The Morgan fingerprint density at radius 3 is 2.50 bits per heavy atom. The summed E-state index contributed by atoms with van der Waals surface area (Å²) in [5, 5.41) is 20.2. The molecule has 4 rings (SSSR count). The number of aliphatic hydroxyl groups excluding tert-OH is 1. The van der Waals surface area contributed by atoms with Crippen molar-refractivity contribution in [1.29, 1.82) is 0 Å². The Morgan fingerprint density at radius 2 is 1.85 bits per heavy atom. The summed E-state index contributed by atoms with van der Waals surface area (Å²) in [5.41, 5.74) is 7.30. The first-order valence-electron chi connectivity index (χ1n) is 10.7. The minimum Gasteiger partial charge on any atom is -0.508 e. The van der Waals surface area contributed by atoms with Crippen LogP contribution in [0.25, 0.3) is 0 Å². The molecule has 2 nitrogen and oxygen atoms in total. The van der Waals surface area contributed by atoms with Crippen molar-refractivity contribution < 1.29 is 10.2 Å². The average Bonchev–Trinajstić information content (AvgIpc) is 3.04. The molecule has 3 atom stereocenters. The third kappa shape index (κ3) is 3.11. The number of aromatic hydroxyl groups is 1. The van der Waals surface area contributed by atoms with Crippen LogP contribution in [-0.4, -0.2) is 16.3 Å². The zero-order chi connectivity index (χ0) is 18.9. The number of aliphatic hydroxyl groups is 1. The highest BCUT2D eigenvalue weighted by atomic mass is 16.3. The van der Waals surface area contributed by atoms with Gasteiger partial charge in [0.25, 0.3) is 0 Å². The van der Waals surface area contributed by atoms with Gasteiger partial charge < -0.3 is 10.2 Å². The number of hydrogen-bond acceptors (Lipinski definition) is 2. The van der Waals surface area contributed by atoms with E-state index in [0.717, 1.165) is 37.7 Å². The topological polar surface area (TPSA) is 40.5 Å². The van der Waals surface area contributed by atoms with Crippen LogP contribution in [0.5, 0.6) is 5.75 Å². The van der Waals surface area contributed by atoms with Crippen LogP contribution in [0, 0.1) is 12.8 Å². The van der Waals surface area contributed by atoms with Gasteiger partial charge in [0.1, 0.15) is 5.75 Å². The monoisotopic (exact) mass is 356 g/mol. The lowest BCUT2D eigenvalue weighted by Crippen LogP contribution is -2.37. The molecule has 0 aliphatic heterocycles. The number of allylic oxidation sites excluding steroid dienone is 1. The molecule has 0 amide bonds. The Morgan fingerprint density at radius 1 is 1.12 bits per heavy atom. The van der Waals surface area contributed by atoms with E-state index in [0.29, 0.717) is 11.7 Å². The third-order valence-corrected chi connectivity index (χ3v) is 7.20. The molecular formula is C24H36O2. The van der Waals surface area contributed by atoms with Crippen LogP contribution < -0.4 is 0 Å². The van der Waals surface area contributed by atoms with Gasteiger partial charge in [0, 0.05) is 5.41 Å². The quantitative estimate of drug-likeness (QED) is 0.642. The maximum atomic E-state index is 10.1. The number of benzene rings is 1. The van der Waals surface area contributed by atoms with Gasteiger partial charge in [0.2, 0.25) is 0 Å². The SMILES string of the molecule is CCC12CCC3CC(O)CC3=C1CCc1c2ccc(O)c1C.CCCC. The zero-order valence-corrected chi connectivity index (χ0v) is 17.1. The molecule has 0 saturated heterocycles. The van der Waals surface area contributed by atoms with Crippen molar-refractivity contribution in [3.05, 3.63) is 40.0 Å². The highest BCUT2D eigenvalue weighted by molar-refractivity contribution is 5.55. The van der Waals surface area contributed by atoms with Crippen molar-refractivity contribution in [3.8, 4) is 5.75 Å². The summed E-state index contributed by atoms with van der Waals surface area (Å²) in [6, 6.07) is 4.06. The molecular weight excluding hydrogens is 320 g/mol. The maximum absolute atomic E-state index is 10.1. The normalized spacial score (nSPS) is 29.4. The summed E-state index contributed by atoms with van der Waals surface area (Å²) >= 11 is 0. The first-order chi connectivity index (χ1) is 12.5. The molecule has 26 heavy (non-hydrogen) atoms. The van der Waals surface area contributed by atoms with Gasteiger partial charge in [-0.1, -0.05) is 50.8 Å². The number of fused-ring (bicyclic) bond motifs is 4. The molecule has 3 unspecified atom stereocenters. The van der Waals surface area contributed by atoms with Crippen molar-refractivity contribution in [2.45, 2.75) is 97.0 Å². The molecule has 0 bridgehead atoms. The summed E-state index contributed by atoms with van der Waals surface area (Å²) in [6.07, 6.45) is 10.1. The minimum absolute atomic E-state index is 0.122. The second kappa shape index (κ2) is 7.76. The molecule has 1 saturated carbocycles. The van der Waals surface area contributed by atoms with E-state index in [9.17, 15) is 10.2 Å². The van der Waals surface area contributed by atoms with Gasteiger partial charge in [-0.15, -0.1) is 0 Å². The predicted molar refractivity (Wildman–Crippen MR) is 109 cm³/mol. The summed E-state index contributed by atoms with van der Waals surface area (Å²) in [5.74, 6) is 1.07. The van der Waals surface area contributed by atoms with Gasteiger partial charge in [-0.05, 0) is 80.5 Å². The van der Waals surface area contributed by atoms with Crippen LogP contribution >= 0.6 is 0 Å². The van der Waals surface area contributed by atoms with Crippen LogP contribution in [0.3, 0.4) is 0 Å². The number of unbranched alkanes of at least 4 members (excludes halogenated alkanes) is 1. The molecule has 0 heterocycles. The highest BCUT2D eigenvalue weighted by Gasteiger charge is 2.47. The fourth-order valence-corrected chi connectivity index (χ4v) is 5.56. The Kier molecular flexibility index (Phi) is 5.81. The Hall–Kier alpha value is -1.28. The number of phenolic OH excluding ortho intramolecular Hbond substituents is 1. The van der Waals surface area contributed by atoms with E-state index >= 15 is 0 Å². The van der Waals surface area contributed by atoms with Crippen LogP contribution in [0.15, 0.2) is 23.3 Å². The smallest absolute Gasteiger partial charge is 0.118 e. The number of phenols is 1. The van der Waals surface area contributed by atoms with E-state index in [2.05, 4.69) is 33.8 Å². The maximum Gasteiger partial charge on any atom is 0.118 e. The molecule has 0 spiro atoms.